The second-order valence-electron chi connectivity index (χ2n) is 2.05. The van der Waals surface area contributed by atoms with E-state index >= 15 is 0 Å². The molecule has 1 unspecified atom stereocenters. The van der Waals surface area contributed by atoms with Gasteiger partial charge in [-0.15, -0.1) is 0 Å². The van der Waals surface area contributed by atoms with Crippen molar-refractivity contribution in [2.45, 2.75) is 19.4 Å². The van der Waals surface area contributed by atoms with Gasteiger partial charge in [0.1, 0.15) is 0 Å². The Morgan fingerprint density at radius 3 is 3.11 bits per heavy atom. The lowest BCUT2D eigenvalue weighted by Crippen LogP contribution is -2.06. The molecule has 1 aromatic heterocycles. The molecule has 3 N–H and O–H groups in total. The lowest BCUT2D eigenvalue weighted by Gasteiger charge is -2.02. The first kappa shape index (κ1) is 6.29. The molecule has 0 aliphatic rings. The average Bonchev–Trinajstić information content (AvgIpc) is 2.37. The molecule has 0 aromatic carbocycles. The summed E-state index contributed by atoms with van der Waals surface area (Å²) in [5, 5.41) is 6.50. The van der Waals surface area contributed by atoms with E-state index in [0.29, 0.717) is 0 Å². The van der Waals surface area contributed by atoms with Crippen molar-refractivity contribution in [1.29, 1.82) is 0 Å². The summed E-state index contributed by atoms with van der Waals surface area (Å²) < 4.78 is 0. The quantitative estimate of drug-likeness (QED) is 0.614. The Labute approximate surface area is 54.3 Å². The molecule has 0 amide bonds. The second kappa shape index (κ2) is 2.64. The molecule has 1 rings (SSSR count). The van der Waals surface area contributed by atoms with Gasteiger partial charge in [0, 0.05) is 17.8 Å². The fourth-order valence-electron chi connectivity index (χ4n) is 0.699. The fraction of sp³-hybridized carbons (Fsp3) is 0.500. The maximum Gasteiger partial charge on any atom is 0.0535 e. The van der Waals surface area contributed by atoms with Crippen molar-refractivity contribution in [2.75, 3.05) is 0 Å². The smallest absolute Gasteiger partial charge is 0.0535 e. The van der Waals surface area contributed by atoms with Crippen LogP contribution in [0.4, 0.5) is 0 Å². The first-order valence-corrected chi connectivity index (χ1v) is 3.09. The predicted octanol–water partition coefficient (Wildman–Crippen LogP) is 0.819. The van der Waals surface area contributed by atoms with Gasteiger partial charge < -0.3 is 5.73 Å². The van der Waals surface area contributed by atoms with Crippen LogP contribution in [-0.4, -0.2) is 10.2 Å². The van der Waals surface area contributed by atoms with E-state index < -0.39 is 0 Å². The first-order valence-electron chi connectivity index (χ1n) is 3.09. The molecule has 3 nitrogen and oxygen atoms in total. The van der Waals surface area contributed by atoms with Crippen molar-refractivity contribution in [3.05, 3.63) is 18.0 Å². The van der Waals surface area contributed by atoms with Crippen LogP contribution in [0.25, 0.3) is 0 Å². The molecule has 1 heterocycles. The van der Waals surface area contributed by atoms with E-state index in [0.717, 1.165) is 12.0 Å². The van der Waals surface area contributed by atoms with Crippen LogP contribution in [0, 0.1) is 0 Å². The molecule has 0 saturated heterocycles. The van der Waals surface area contributed by atoms with Gasteiger partial charge >= 0.3 is 0 Å². The number of nitrogens with one attached hydrogen (secondary N) is 1. The van der Waals surface area contributed by atoms with Gasteiger partial charge in [0.15, 0.2) is 0 Å². The Morgan fingerprint density at radius 1 is 1.89 bits per heavy atom. The summed E-state index contributed by atoms with van der Waals surface area (Å²) in [6.45, 7) is 2.05. The van der Waals surface area contributed by atoms with Gasteiger partial charge in [-0.25, -0.2) is 0 Å². The Bertz CT molecular complexity index is 157. The van der Waals surface area contributed by atoms with Gasteiger partial charge in [-0.3, -0.25) is 5.10 Å². The molecule has 0 aliphatic carbocycles. The molecule has 0 radical (unpaired) electrons. The number of hydrogen-bond acceptors (Lipinski definition) is 2. The van der Waals surface area contributed by atoms with E-state index in [2.05, 4.69) is 17.1 Å². The Balaban J connectivity index is 2.65. The molecule has 1 aromatic rings. The number of H-pyrrole nitrogens is 1. The second-order valence-corrected chi connectivity index (χ2v) is 2.05. The minimum atomic E-state index is 0.142. The van der Waals surface area contributed by atoms with E-state index in [1.807, 2.05) is 6.20 Å². The highest BCUT2D eigenvalue weighted by Crippen LogP contribution is 2.09. The fourth-order valence-corrected chi connectivity index (χ4v) is 0.699. The number of nitrogens with zero attached hydrogens (tertiary/aromatic N) is 1. The lowest BCUT2D eigenvalue weighted by atomic mass is 10.1. The normalized spacial score (nSPS) is 13.6. The lowest BCUT2D eigenvalue weighted by molar-refractivity contribution is 0.699. The minimum Gasteiger partial charge on any atom is -0.324 e. The molecule has 0 bridgehead atoms. The first-order chi connectivity index (χ1) is 4.34. The monoisotopic (exact) mass is 125 g/mol. The van der Waals surface area contributed by atoms with Crippen LogP contribution in [0.5, 0.6) is 0 Å². The molecule has 0 saturated carbocycles. The number of rotatable bonds is 2. The zero-order valence-corrected chi connectivity index (χ0v) is 5.46. The highest BCUT2D eigenvalue weighted by molar-refractivity contribution is 5.07. The van der Waals surface area contributed by atoms with Gasteiger partial charge in [-0.05, 0) is 6.42 Å². The van der Waals surface area contributed by atoms with Crippen molar-refractivity contribution in [3.8, 4) is 0 Å². The zero-order valence-electron chi connectivity index (χ0n) is 5.46. The van der Waals surface area contributed by atoms with Crippen molar-refractivity contribution in [3.63, 3.8) is 0 Å². The van der Waals surface area contributed by atoms with E-state index in [1.54, 1.807) is 6.20 Å². The van der Waals surface area contributed by atoms with Crippen LogP contribution >= 0.6 is 0 Å². The summed E-state index contributed by atoms with van der Waals surface area (Å²) in [6, 6.07) is 0.142. The van der Waals surface area contributed by atoms with Gasteiger partial charge in [0.25, 0.3) is 0 Å². The van der Waals surface area contributed by atoms with Crippen LogP contribution in [0.2, 0.25) is 0 Å². The standard InChI is InChI=1S/C6H11N3/c1-2-6(7)5-3-8-9-4-5/h3-4,6H,2,7H2,1H3,(H,8,9). The van der Waals surface area contributed by atoms with Gasteiger partial charge in [0.2, 0.25) is 0 Å². The van der Waals surface area contributed by atoms with Crippen LogP contribution in [0.3, 0.4) is 0 Å². The summed E-state index contributed by atoms with van der Waals surface area (Å²) in [5.74, 6) is 0. The number of aromatic amines is 1. The highest BCUT2D eigenvalue weighted by Gasteiger charge is 2.01. The van der Waals surface area contributed by atoms with Gasteiger partial charge in [-0.1, -0.05) is 6.92 Å². The Morgan fingerprint density at radius 2 is 2.67 bits per heavy atom. The average molecular weight is 125 g/mol. The third-order valence-electron chi connectivity index (χ3n) is 1.39. The van der Waals surface area contributed by atoms with Gasteiger partial charge in [0.05, 0.1) is 6.20 Å². The topological polar surface area (TPSA) is 54.7 Å². The van der Waals surface area contributed by atoms with Crippen LogP contribution in [0.1, 0.15) is 24.9 Å². The maximum absolute atomic E-state index is 5.68. The minimum absolute atomic E-state index is 0.142. The van der Waals surface area contributed by atoms with Crippen molar-refractivity contribution >= 4 is 0 Å². The van der Waals surface area contributed by atoms with Crippen molar-refractivity contribution < 1.29 is 0 Å². The summed E-state index contributed by atoms with van der Waals surface area (Å²) in [5.41, 5.74) is 6.76. The van der Waals surface area contributed by atoms with Crippen LogP contribution < -0.4 is 5.73 Å². The molecule has 50 valence electrons. The van der Waals surface area contributed by atoms with E-state index in [-0.39, 0.29) is 6.04 Å². The summed E-state index contributed by atoms with van der Waals surface area (Å²) in [6.07, 6.45) is 4.54. The number of nitrogens with two attached hydrogens (primary N) is 1. The zero-order chi connectivity index (χ0) is 6.69. The molecule has 0 fully saturated rings. The van der Waals surface area contributed by atoms with E-state index in [4.69, 9.17) is 5.73 Å². The largest absolute Gasteiger partial charge is 0.324 e. The van der Waals surface area contributed by atoms with Crippen LogP contribution in [0.15, 0.2) is 12.4 Å². The third-order valence-corrected chi connectivity index (χ3v) is 1.39. The van der Waals surface area contributed by atoms with E-state index in [9.17, 15) is 0 Å². The van der Waals surface area contributed by atoms with Gasteiger partial charge in [-0.2, -0.15) is 5.10 Å². The molecule has 3 heteroatoms. The van der Waals surface area contributed by atoms with Crippen molar-refractivity contribution in [1.82, 2.24) is 10.2 Å². The summed E-state index contributed by atoms with van der Waals surface area (Å²) in [4.78, 5) is 0. The predicted molar refractivity (Wildman–Crippen MR) is 35.8 cm³/mol. The Hall–Kier alpha value is -0.830. The molecule has 9 heavy (non-hydrogen) atoms. The molecule has 1 atom stereocenters. The molecule has 0 aliphatic heterocycles. The molecular weight excluding hydrogens is 114 g/mol. The van der Waals surface area contributed by atoms with E-state index in [1.165, 1.54) is 0 Å². The Kier molecular flexibility index (Phi) is 1.85. The van der Waals surface area contributed by atoms with Crippen LogP contribution in [-0.2, 0) is 0 Å². The number of aromatic nitrogens is 2. The number of hydrogen-bond donors (Lipinski definition) is 2. The third kappa shape index (κ3) is 1.29. The highest BCUT2D eigenvalue weighted by atomic mass is 15.1. The summed E-state index contributed by atoms with van der Waals surface area (Å²) in [7, 11) is 0. The molecular formula is C6H11N3. The molecule has 0 spiro atoms. The summed E-state index contributed by atoms with van der Waals surface area (Å²) >= 11 is 0. The van der Waals surface area contributed by atoms with Crippen molar-refractivity contribution in [2.24, 2.45) is 5.73 Å². The maximum atomic E-state index is 5.68. The SMILES string of the molecule is CCC(N)c1cn[nH]c1.